The molecule has 2 heterocycles. The Morgan fingerprint density at radius 1 is 1.59 bits per heavy atom. The van der Waals surface area contributed by atoms with Crippen molar-refractivity contribution in [1.82, 2.24) is 20.4 Å². The second kappa shape index (κ2) is 5.39. The number of nitrogens with two attached hydrogens (primary N) is 1. The van der Waals surface area contributed by atoms with Crippen molar-refractivity contribution < 1.29 is 0 Å². The summed E-state index contributed by atoms with van der Waals surface area (Å²) >= 11 is 1.74. The number of aromatic nitrogens is 3. The van der Waals surface area contributed by atoms with Gasteiger partial charge in [0.15, 0.2) is 0 Å². The number of nitrogens with zero attached hydrogens (tertiary/aromatic N) is 3. The summed E-state index contributed by atoms with van der Waals surface area (Å²) in [5.41, 5.74) is 5.17. The van der Waals surface area contributed by atoms with Crippen molar-refractivity contribution in [3.05, 3.63) is 33.8 Å². The highest BCUT2D eigenvalue weighted by molar-refractivity contribution is 7.10. The minimum absolute atomic E-state index is 0.113. The Morgan fingerprint density at radius 2 is 2.41 bits per heavy atom. The second-order valence-electron chi connectivity index (χ2n) is 3.97. The van der Waals surface area contributed by atoms with Gasteiger partial charge >= 0.3 is 0 Å². The Labute approximate surface area is 105 Å². The van der Waals surface area contributed by atoms with Crippen LogP contribution < -0.4 is 11.3 Å². The third-order valence-corrected chi connectivity index (χ3v) is 3.82. The van der Waals surface area contributed by atoms with E-state index in [0.29, 0.717) is 0 Å². The van der Waals surface area contributed by atoms with E-state index in [2.05, 4.69) is 34.1 Å². The normalized spacial score (nSPS) is 12.9. The molecule has 0 fully saturated rings. The van der Waals surface area contributed by atoms with Crippen molar-refractivity contribution in [2.75, 3.05) is 0 Å². The van der Waals surface area contributed by atoms with Crippen LogP contribution in [-0.2, 0) is 19.9 Å². The molecule has 2 rings (SSSR count). The molecule has 1 atom stereocenters. The van der Waals surface area contributed by atoms with E-state index in [1.165, 1.54) is 10.4 Å². The van der Waals surface area contributed by atoms with Gasteiger partial charge in [-0.1, -0.05) is 12.1 Å². The number of aryl methyl sites for hydroxylation is 2. The highest BCUT2D eigenvalue weighted by Gasteiger charge is 2.16. The molecule has 0 saturated carbocycles. The molecule has 0 aliphatic rings. The maximum absolute atomic E-state index is 5.64. The zero-order valence-electron chi connectivity index (χ0n) is 10.1. The van der Waals surface area contributed by atoms with Crippen molar-refractivity contribution in [2.24, 2.45) is 12.9 Å². The van der Waals surface area contributed by atoms with Crippen LogP contribution in [0.5, 0.6) is 0 Å². The Hall–Kier alpha value is -1.24. The Morgan fingerprint density at radius 3 is 3.00 bits per heavy atom. The van der Waals surface area contributed by atoms with Crippen LogP contribution >= 0.6 is 11.3 Å². The van der Waals surface area contributed by atoms with Gasteiger partial charge in [0.05, 0.1) is 11.7 Å². The molecule has 92 valence electrons. The molecule has 1 unspecified atom stereocenters. The summed E-state index contributed by atoms with van der Waals surface area (Å²) in [6, 6.07) is 2.27. The summed E-state index contributed by atoms with van der Waals surface area (Å²) in [6.45, 7) is 2.15. The Balaban J connectivity index is 2.16. The lowest BCUT2D eigenvalue weighted by atomic mass is 10.1. The maximum atomic E-state index is 5.64. The zero-order valence-corrected chi connectivity index (χ0v) is 10.9. The number of rotatable bonds is 5. The third-order valence-electron chi connectivity index (χ3n) is 2.74. The van der Waals surface area contributed by atoms with Crippen LogP contribution in [-0.4, -0.2) is 15.0 Å². The summed E-state index contributed by atoms with van der Waals surface area (Å²) in [5, 5.41) is 10.1. The monoisotopic (exact) mass is 251 g/mol. The Kier molecular flexibility index (Phi) is 3.88. The van der Waals surface area contributed by atoms with Crippen LogP contribution in [0.2, 0.25) is 0 Å². The standard InChI is InChI=1S/C11H17N5S/c1-3-8-4-5-17-11(8)10(13-12)6-9-7-16(2)15-14-9/h4-5,7,10,13H,3,6,12H2,1-2H3. The van der Waals surface area contributed by atoms with Crippen molar-refractivity contribution in [2.45, 2.75) is 25.8 Å². The third kappa shape index (κ3) is 2.71. The van der Waals surface area contributed by atoms with E-state index >= 15 is 0 Å². The smallest absolute Gasteiger partial charge is 0.0846 e. The lowest BCUT2D eigenvalue weighted by Gasteiger charge is -2.14. The first-order chi connectivity index (χ1) is 8.24. The zero-order chi connectivity index (χ0) is 12.3. The van der Waals surface area contributed by atoms with Gasteiger partial charge in [0, 0.05) is 24.5 Å². The first-order valence-corrected chi connectivity index (χ1v) is 6.50. The predicted octanol–water partition coefficient (Wildman–Crippen LogP) is 1.19. The second-order valence-corrected chi connectivity index (χ2v) is 4.92. The van der Waals surface area contributed by atoms with Gasteiger partial charge in [0.1, 0.15) is 0 Å². The van der Waals surface area contributed by atoms with Gasteiger partial charge in [0.2, 0.25) is 0 Å². The van der Waals surface area contributed by atoms with Crippen LogP contribution in [0.15, 0.2) is 17.6 Å². The fourth-order valence-corrected chi connectivity index (χ4v) is 2.93. The fraction of sp³-hybridized carbons (Fsp3) is 0.455. The molecule has 0 aromatic carbocycles. The van der Waals surface area contributed by atoms with Crippen LogP contribution in [0, 0.1) is 0 Å². The number of nitrogens with one attached hydrogen (secondary N) is 1. The van der Waals surface area contributed by atoms with E-state index in [-0.39, 0.29) is 6.04 Å². The summed E-state index contributed by atoms with van der Waals surface area (Å²) in [4.78, 5) is 1.29. The summed E-state index contributed by atoms with van der Waals surface area (Å²) in [6.07, 6.45) is 3.71. The molecule has 0 spiro atoms. The SMILES string of the molecule is CCc1ccsc1C(Cc1cn(C)nn1)NN. The highest BCUT2D eigenvalue weighted by atomic mass is 32.1. The molecular formula is C11H17N5S. The molecule has 5 nitrogen and oxygen atoms in total. The van der Waals surface area contributed by atoms with Gasteiger partial charge in [-0.3, -0.25) is 16.0 Å². The largest absolute Gasteiger partial charge is 0.271 e. The van der Waals surface area contributed by atoms with Gasteiger partial charge in [0.25, 0.3) is 0 Å². The molecule has 3 N–H and O–H groups in total. The van der Waals surface area contributed by atoms with Crippen LogP contribution in [0.4, 0.5) is 0 Å². The number of hydrazine groups is 1. The van der Waals surface area contributed by atoms with Gasteiger partial charge in [-0.2, -0.15) is 0 Å². The van der Waals surface area contributed by atoms with Gasteiger partial charge in [-0.15, -0.1) is 16.4 Å². The summed E-state index contributed by atoms with van der Waals surface area (Å²) in [5.74, 6) is 5.64. The van der Waals surface area contributed by atoms with Crippen molar-refractivity contribution in [3.8, 4) is 0 Å². The fourth-order valence-electron chi connectivity index (χ4n) is 1.87. The van der Waals surface area contributed by atoms with Gasteiger partial charge < -0.3 is 0 Å². The van der Waals surface area contributed by atoms with Crippen molar-refractivity contribution in [1.29, 1.82) is 0 Å². The quantitative estimate of drug-likeness (QED) is 0.618. The van der Waals surface area contributed by atoms with Crippen LogP contribution in [0.25, 0.3) is 0 Å². The molecular weight excluding hydrogens is 234 g/mol. The average molecular weight is 251 g/mol. The predicted molar refractivity (Wildman–Crippen MR) is 68.5 cm³/mol. The van der Waals surface area contributed by atoms with E-state index in [4.69, 9.17) is 5.84 Å². The lowest BCUT2D eigenvalue weighted by Crippen LogP contribution is -2.29. The van der Waals surface area contributed by atoms with Gasteiger partial charge in [-0.25, -0.2) is 0 Å². The molecule has 0 saturated heterocycles. The first kappa shape index (κ1) is 12.2. The molecule has 0 aliphatic carbocycles. The molecule has 2 aromatic rings. The van der Waals surface area contributed by atoms with E-state index < -0.39 is 0 Å². The Bertz CT molecular complexity index is 476. The summed E-state index contributed by atoms with van der Waals surface area (Å²) < 4.78 is 1.71. The topological polar surface area (TPSA) is 68.8 Å². The molecule has 6 heteroatoms. The molecule has 0 amide bonds. The minimum atomic E-state index is 0.113. The first-order valence-electron chi connectivity index (χ1n) is 5.62. The van der Waals surface area contributed by atoms with E-state index in [0.717, 1.165) is 18.5 Å². The van der Waals surface area contributed by atoms with E-state index in [1.54, 1.807) is 16.0 Å². The van der Waals surface area contributed by atoms with Gasteiger partial charge in [-0.05, 0) is 23.4 Å². The van der Waals surface area contributed by atoms with Crippen LogP contribution in [0.3, 0.4) is 0 Å². The van der Waals surface area contributed by atoms with E-state index in [9.17, 15) is 0 Å². The lowest BCUT2D eigenvalue weighted by molar-refractivity contribution is 0.550. The van der Waals surface area contributed by atoms with Crippen molar-refractivity contribution >= 4 is 11.3 Å². The van der Waals surface area contributed by atoms with E-state index in [1.807, 2.05) is 13.2 Å². The molecule has 17 heavy (non-hydrogen) atoms. The number of hydrogen-bond donors (Lipinski definition) is 2. The molecule has 0 aliphatic heterocycles. The number of thiophene rings is 1. The number of hydrogen-bond acceptors (Lipinski definition) is 5. The van der Waals surface area contributed by atoms with Crippen LogP contribution in [0.1, 0.15) is 29.1 Å². The average Bonchev–Trinajstić information content (AvgIpc) is 2.94. The molecule has 2 aromatic heterocycles. The molecule has 0 radical (unpaired) electrons. The molecule has 0 bridgehead atoms. The van der Waals surface area contributed by atoms with Crippen molar-refractivity contribution in [3.63, 3.8) is 0 Å². The minimum Gasteiger partial charge on any atom is -0.271 e. The summed E-state index contributed by atoms with van der Waals surface area (Å²) in [7, 11) is 1.87. The highest BCUT2D eigenvalue weighted by Crippen LogP contribution is 2.26. The maximum Gasteiger partial charge on any atom is 0.0846 e.